The topological polar surface area (TPSA) is 42.0 Å². The number of hydrogen-bond donors (Lipinski definition) is 0. The number of anilines is 6. The average molecular weight is 631 g/mol. The number of benzene rings is 6. The standard InChI is InChI=1S/C43H38N2O3/c1-4-42(48-43(46)32(2)3)47-41-23-15-14-22-40(41)45(37-20-12-7-13-21-37)39-30-26-34(27-31-39)33-24-28-38(29-25-33)44(35-16-8-5-9-17-35)36-18-10-6-11-19-36/h5-31,42H,2,4H2,1,3H3. The van der Waals surface area contributed by atoms with E-state index in [0.29, 0.717) is 17.7 Å². The lowest BCUT2D eigenvalue weighted by atomic mass is 10.0. The average Bonchev–Trinajstić information content (AvgIpc) is 3.14. The van der Waals surface area contributed by atoms with Crippen molar-refractivity contribution in [1.29, 1.82) is 0 Å². The lowest BCUT2D eigenvalue weighted by molar-refractivity contribution is -0.158. The fourth-order valence-corrected chi connectivity index (χ4v) is 5.51. The molecule has 0 aliphatic carbocycles. The van der Waals surface area contributed by atoms with Crippen molar-refractivity contribution in [3.8, 4) is 16.9 Å². The van der Waals surface area contributed by atoms with E-state index in [4.69, 9.17) is 9.47 Å². The van der Waals surface area contributed by atoms with E-state index in [1.54, 1.807) is 6.92 Å². The van der Waals surface area contributed by atoms with Crippen LogP contribution in [0.25, 0.3) is 11.1 Å². The molecule has 0 radical (unpaired) electrons. The number of esters is 1. The lowest BCUT2D eigenvalue weighted by Gasteiger charge is -2.29. The molecule has 0 aliphatic heterocycles. The lowest BCUT2D eigenvalue weighted by Crippen LogP contribution is -2.24. The van der Waals surface area contributed by atoms with Crippen molar-refractivity contribution in [2.24, 2.45) is 0 Å². The smallest absolute Gasteiger partial charge is 0.336 e. The molecule has 238 valence electrons. The van der Waals surface area contributed by atoms with Gasteiger partial charge in [0.05, 0.1) is 5.69 Å². The number of carbonyl (C=O) groups excluding carboxylic acids is 1. The summed E-state index contributed by atoms with van der Waals surface area (Å²) in [5, 5.41) is 0. The van der Waals surface area contributed by atoms with Gasteiger partial charge in [-0.25, -0.2) is 4.79 Å². The van der Waals surface area contributed by atoms with Crippen LogP contribution in [0.2, 0.25) is 0 Å². The predicted octanol–water partition coefficient (Wildman–Crippen LogP) is 11.5. The van der Waals surface area contributed by atoms with Crippen LogP contribution < -0.4 is 14.5 Å². The molecule has 0 aromatic heterocycles. The summed E-state index contributed by atoms with van der Waals surface area (Å²) in [7, 11) is 0. The number of hydrogen-bond acceptors (Lipinski definition) is 5. The van der Waals surface area contributed by atoms with Gasteiger partial charge in [-0.05, 0) is 90.8 Å². The van der Waals surface area contributed by atoms with Crippen LogP contribution in [0.1, 0.15) is 20.3 Å². The maximum atomic E-state index is 12.3. The third kappa shape index (κ3) is 7.32. The van der Waals surface area contributed by atoms with Gasteiger partial charge in [-0.15, -0.1) is 0 Å². The van der Waals surface area contributed by atoms with E-state index in [9.17, 15) is 4.79 Å². The third-order valence-electron chi connectivity index (χ3n) is 7.91. The van der Waals surface area contributed by atoms with Crippen molar-refractivity contribution in [3.63, 3.8) is 0 Å². The van der Waals surface area contributed by atoms with Crippen LogP contribution in [0.4, 0.5) is 34.1 Å². The molecule has 0 aliphatic rings. The molecule has 1 atom stereocenters. The highest BCUT2D eigenvalue weighted by Crippen LogP contribution is 2.41. The van der Waals surface area contributed by atoms with Crippen molar-refractivity contribution >= 4 is 40.1 Å². The summed E-state index contributed by atoms with van der Waals surface area (Å²) in [6, 6.07) is 55.9. The van der Waals surface area contributed by atoms with E-state index >= 15 is 0 Å². The molecule has 0 spiro atoms. The Bertz CT molecular complexity index is 1900. The van der Waals surface area contributed by atoms with Crippen LogP contribution in [-0.4, -0.2) is 12.3 Å². The van der Waals surface area contributed by atoms with Gasteiger partial charge in [0.15, 0.2) is 0 Å². The van der Waals surface area contributed by atoms with Gasteiger partial charge in [-0.3, -0.25) is 0 Å². The van der Waals surface area contributed by atoms with E-state index in [2.05, 4.69) is 126 Å². The predicted molar refractivity (Wildman–Crippen MR) is 197 cm³/mol. The molecule has 0 saturated carbocycles. The SMILES string of the molecule is C=C(C)C(=O)OC(CC)Oc1ccccc1N(c1ccccc1)c1ccc(-c2ccc(N(c3ccccc3)c3ccccc3)cc2)cc1. The minimum atomic E-state index is -0.752. The summed E-state index contributed by atoms with van der Waals surface area (Å²) in [4.78, 5) is 16.7. The van der Waals surface area contributed by atoms with Gasteiger partial charge in [-0.1, -0.05) is 104 Å². The Balaban J connectivity index is 1.31. The second-order valence-corrected chi connectivity index (χ2v) is 11.4. The summed E-state index contributed by atoms with van der Waals surface area (Å²) >= 11 is 0. The Morgan fingerprint density at radius 1 is 0.562 bits per heavy atom. The number of ether oxygens (including phenoxy) is 2. The first-order valence-electron chi connectivity index (χ1n) is 16.1. The van der Waals surface area contributed by atoms with Gasteiger partial charge in [0.25, 0.3) is 0 Å². The molecular formula is C43H38N2O3. The largest absolute Gasteiger partial charge is 0.453 e. The van der Waals surface area contributed by atoms with Crippen molar-refractivity contribution in [2.75, 3.05) is 9.80 Å². The molecule has 0 heterocycles. The molecule has 6 aromatic rings. The van der Waals surface area contributed by atoms with Crippen LogP contribution in [-0.2, 0) is 9.53 Å². The van der Waals surface area contributed by atoms with Gasteiger partial charge in [0.2, 0.25) is 6.29 Å². The first-order chi connectivity index (χ1) is 23.5. The second kappa shape index (κ2) is 15.0. The van der Waals surface area contributed by atoms with Crippen molar-refractivity contribution in [2.45, 2.75) is 26.6 Å². The third-order valence-corrected chi connectivity index (χ3v) is 7.91. The van der Waals surface area contributed by atoms with Gasteiger partial charge in [-0.2, -0.15) is 0 Å². The summed E-state index contributed by atoms with van der Waals surface area (Å²) in [6.07, 6.45) is -0.265. The minimum Gasteiger partial charge on any atom is -0.453 e. The normalized spacial score (nSPS) is 11.3. The number of nitrogens with zero attached hydrogens (tertiary/aromatic N) is 2. The summed E-state index contributed by atoms with van der Waals surface area (Å²) in [6.45, 7) is 7.24. The molecule has 0 N–H and O–H groups in total. The monoisotopic (exact) mass is 630 g/mol. The Labute approximate surface area is 282 Å². The fraction of sp³-hybridized carbons (Fsp3) is 0.0930. The zero-order valence-corrected chi connectivity index (χ0v) is 27.2. The Hall–Kier alpha value is -6.07. The van der Waals surface area contributed by atoms with Gasteiger partial charge in [0, 0.05) is 40.4 Å². The molecule has 1 unspecified atom stereocenters. The Morgan fingerprint density at radius 3 is 1.42 bits per heavy atom. The molecule has 0 bridgehead atoms. The molecule has 48 heavy (non-hydrogen) atoms. The molecule has 0 saturated heterocycles. The Morgan fingerprint density at radius 2 is 0.958 bits per heavy atom. The van der Waals surface area contributed by atoms with Gasteiger partial charge < -0.3 is 19.3 Å². The van der Waals surface area contributed by atoms with Crippen LogP contribution >= 0.6 is 0 Å². The molecule has 0 fully saturated rings. The zero-order valence-electron chi connectivity index (χ0n) is 27.2. The number of para-hydroxylation sites is 5. The maximum absolute atomic E-state index is 12.3. The molecule has 5 nitrogen and oxygen atoms in total. The highest BCUT2D eigenvalue weighted by atomic mass is 16.7. The van der Waals surface area contributed by atoms with E-state index in [0.717, 1.165) is 45.3 Å². The molecule has 5 heteroatoms. The fourth-order valence-electron chi connectivity index (χ4n) is 5.51. The second-order valence-electron chi connectivity index (χ2n) is 11.4. The van der Waals surface area contributed by atoms with Crippen LogP contribution in [0.15, 0.2) is 176 Å². The minimum absolute atomic E-state index is 0.329. The molecule has 0 amide bonds. The van der Waals surface area contributed by atoms with Crippen LogP contribution in [0.3, 0.4) is 0 Å². The van der Waals surface area contributed by atoms with E-state index in [1.807, 2.05) is 61.5 Å². The first kappa shape index (κ1) is 31.9. The molecule has 6 rings (SSSR count). The van der Waals surface area contributed by atoms with Gasteiger partial charge >= 0.3 is 5.97 Å². The summed E-state index contributed by atoms with van der Waals surface area (Å²) < 4.78 is 11.9. The zero-order chi connectivity index (χ0) is 33.3. The van der Waals surface area contributed by atoms with E-state index in [-0.39, 0.29) is 0 Å². The van der Waals surface area contributed by atoms with Crippen molar-refractivity contribution in [3.05, 3.63) is 176 Å². The van der Waals surface area contributed by atoms with Crippen LogP contribution in [0, 0.1) is 0 Å². The van der Waals surface area contributed by atoms with Crippen LogP contribution in [0.5, 0.6) is 5.75 Å². The summed E-state index contributed by atoms with van der Waals surface area (Å²) in [5.74, 6) is 0.125. The van der Waals surface area contributed by atoms with Gasteiger partial charge in [0.1, 0.15) is 5.75 Å². The molecular weight excluding hydrogens is 592 g/mol. The quantitative estimate of drug-likeness (QED) is 0.0764. The van der Waals surface area contributed by atoms with E-state index < -0.39 is 12.3 Å². The molecule has 6 aromatic carbocycles. The maximum Gasteiger partial charge on any atom is 0.336 e. The van der Waals surface area contributed by atoms with E-state index in [1.165, 1.54) is 0 Å². The highest BCUT2D eigenvalue weighted by Gasteiger charge is 2.21. The van der Waals surface area contributed by atoms with Crippen molar-refractivity contribution in [1.82, 2.24) is 0 Å². The Kier molecular flexibility index (Phi) is 9.98. The first-order valence-corrected chi connectivity index (χ1v) is 16.1. The van der Waals surface area contributed by atoms with Crippen molar-refractivity contribution < 1.29 is 14.3 Å². The number of carbonyl (C=O) groups is 1. The summed E-state index contributed by atoms with van der Waals surface area (Å²) in [5.41, 5.74) is 8.60. The highest BCUT2D eigenvalue weighted by molar-refractivity contribution is 5.87. The number of rotatable bonds is 12.